The minimum atomic E-state index is -0.293. The van der Waals surface area contributed by atoms with Gasteiger partial charge in [-0.25, -0.2) is 4.79 Å². The molecule has 120 valence electrons. The van der Waals surface area contributed by atoms with Crippen LogP contribution in [0.5, 0.6) is 5.75 Å². The fourth-order valence-electron chi connectivity index (χ4n) is 4.01. The molecule has 0 aromatic heterocycles. The van der Waals surface area contributed by atoms with E-state index in [9.17, 15) is 4.79 Å². The number of carbonyl (C=O) groups excluding carboxylic acids is 1. The Bertz CT molecular complexity index is 556. The Hall–Kier alpha value is -1.55. The van der Waals surface area contributed by atoms with Crippen molar-refractivity contribution in [3.05, 3.63) is 29.3 Å². The van der Waals surface area contributed by atoms with Gasteiger partial charge in [0.1, 0.15) is 5.75 Å². The van der Waals surface area contributed by atoms with Crippen molar-refractivity contribution in [1.29, 1.82) is 0 Å². The number of aryl methyl sites for hydroxylation is 1. The van der Waals surface area contributed by atoms with Crippen molar-refractivity contribution >= 4 is 6.09 Å². The maximum Gasteiger partial charge on any atom is 0.414 e. The molecule has 0 spiro atoms. The van der Waals surface area contributed by atoms with Crippen molar-refractivity contribution in [3.63, 3.8) is 0 Å². The lowest BCUT2D eigenvalue weighted by atomic mass is 9.79. The molecule has 2 aliphatic rings. The molecule has 22 heavy (non-hydrogen) atoms. The first-order valence-electron chi connectivity index (χ1n) is 8.36. The fraction of sp³-hybridized carbons (Fsp3) is 0.611. The summed E-state index contributed by atoms with van der Waals surface area (Å²) in [6.07, 6.45) is 4.40. The predicted octanol–water partition coefficient (Wildman–Crippen LogP) is 3.26. The Morgan fingerprint density at radius 1 is 1.36 bits per heavy atom. The van der Waals surface area contributed by atoms with Crippen molar-refractivity contribution < 1.29 is 9.53 Å². The van der Waals surface area contributed by atoms with Crippen LogP contribution in [0.2, 0.25) is 0 Å². The Labute approximate surface area is 133 Å². The van der Waals surface area contributed by atoms with E-state index in [0.717, 1.165) is 12.2 Å². The Morgan fingerprint density at radius 3 is 2.91 bits per heavy atom. The van der Waals surface area contributed by atoms with Gasteiger partial charge in [0.05, 0.1) is 0 Å². The molecule has 1 aromatic carbocycles. The molecule has 3 rings (SSSR count). The van der Waals surface area contributed by atoms with E-state index in [4.69, 9.17) is 4.74 Å². The number of ether oxygens (including phenoxy) is 1. The van der Waals surface area contributed by atoms with E-state index in [1.165, 1.54) is 48.4 Å². The topological polar surface area (TPSA) is 32.8 Å². The lowest BCUT2D eigenvalue weighted by Crippen LogP contribution is -2.36. The molecular formula is C18H26N2O2. The van der Waals surface area contributed by atoms with Gasteiger partial charge in [-0.1, -0.05) is 19.1 Å². The van der Waals surface area contributed by atoms with E-state index in [1.54, 1.807) is 14.1 Å². The summed E-state index contributed by atoms with van der Waals surface area (Å²) in [7, 11) is 3.44. The van der Waals surface area contributed by atoms with Gasteiger partial charge in [-0.05, 0) is 50.4 Å². The molecule has 0 unspecified atom stereocenters. The Kier molecular flexibility index (Phi) is 4.39. The molecule has 1 heterocycles. The highest BCUT2D eigenvalue weighted by Gasteiger charge is 2.39. The monoisotopic (exact) mass is 302 g/mol. The zero-order valence-corrected chi connectivity index (χ0v) is 13.8. The predicted molar refractivity (Wildman–Crippen MR) is 87.5 cm³/mol. The van der Waals surface area contributed by atoms with Gasteiger partial charge in [0.15, 0.2) is 0 Å². The van der Waals surface area contributed by atoms with Gasteiger partial charge in [0.25, 0.3) is 0 Å². The molecule has 0 radical (unpaired) electrons. The van der Waals surface area contributed by atoms with Crippen LogP contribution in [0.15, 0.2) is 18.2 Å². The van der Waals surface area contributed by atoms with Crippen molar-refractivity contribution in [1.82, 2.24) is 9.80 Å². The van der Waals surface area contributed by atoms with Crippen molar-refractivity contribution in [2.75, 3.05) is 27.2 Å². The molecule has 1 saturated heterocycles. The molecule has 0 saturated carbocycles. The van der Waals surface area contributed by atoms with Gasteiger partial charge >= 0.3 is 6.09 Å². The van der Waals surface area contributed by atoms with Crippen LogP contribution in [-0.4, -0.2) is 49.1 Å². The highest BCUT2D eigenvalue weighted by molar-refractivity contribution is 5.71. The van der Waals surface area contributed by atoms with Gasteiger partial charge in [-0.3, -0.25) is 4.90 Å². The minimum absolute atomic E-state index is 0.293. The Balaban J connectivity index is 1.90. The summed E-state index contributed by atoms with van der Waals surface area (Å²) in [5, 5.41) is 0. The summed E-state index contributed by atoms with van der Waals surface area (Å²) in [4.78, 5) is 16.1. The summed E-state index contributed by atoms with van der Waals surface area (Å²) < 4.78 is 5.65. The number of likely N-dealkylation sites (tertiary alicyclic amines) is 1. The number of rotatable bonds is 3. The third-order valence-corrected chi connectivity index (χ3v) is 4.97. The lowest BCUT2D eigenvalue weighted by molar-refractivity contribution is 0.170. The standard InChI is InChI=1S/C18H26N2O2/c1-4-11-20-12-10-14-15(20)9-8-13-6-5-7-16(17(13)14)22-18(21)19(2)3/h5-7,14-15H,4,8-12H2,1-3H3/t14-,15-/m1/s1. The first-order chi connectivity index (χ1) is 10.6. The molecule has 1 aromatic rings. The summed E-state index contributed by atoms with van der Waals surface area (Å²) in [6.45, 7) is 4.59. The van der Waals surface area contributed by atoms with Crippen molar-refractivity contribution in [2.45, 2.75) is 44.6 Å². The van der Waals surface area contributed by atoms with Crippen LogP contribution in [0.25, 0.3) is 0 Å². The van der Waals surface area contributed by atoms with Gasteiger partial charge in [-0.2, -0.15) is 0 Å². The fourth-order valence-corrected chi connectivity index (χ4v) is 4.01. The van der Waals surface area contributed by atoms with E-state index >= 15 is 0 Å². The molecule has 4 nitrogen and oxygen atoms in total. The second-order valence-corrected chi connectivity index (χ2v) is 6.63. The lowest BCUT2D eigenvalue weighted by Gasteiger charge is -2.34. The smallest absolute Gasteiger partial charge is 0.410 e. The molecule has 0 N–H and O–H groups in total. The third-order valence-electron chi connectivity index (χ3n) is 4.97. The molecule has 1 aliphatic heterocycles. The third kappa shape index (κ3) is 2.72. The van der Waals surface area contributed by atoms with Crippen molar-refractivity contribution in [2.24, 2.45) is 0 Å². The van der Waals surface area contributed by atoms with Gasteiger partial charge < -0.3 is 9.64 Å². The molecule has 1 amide bonds. The Morgan fingerprint density at radius 2 is 2.18 bits per heavy atom. The van der Waals surface area contributed by atoms with E-state index in [0.29, 0.717) is 12.0 Å². The molecular weight excluding hydrogens is 276 g/mol. The second-order valence-electron chi connectivity index (χ2n) is 6.63. The normalized spacial score (nSPS) is 23.8. The zero-order chi connectivity index (χ0) is 15.7. The maximum absolute atomic E-state index is 12.0. The summed E-state index contributed by atoms with van der Waals surface area (Å²) in [5.74, 6) is 1.28. The number of hydrogen-bond acceptors (Lipinski definition) is 3. The highest BCUT2D eigenvalue weighted by Crippen LogP contribution is 2.45. The second kappa shape index (κ2) is 6.29. The molecule has 1 fully saturated rings. The SMILES string of the molecule is CCCN1CC[C@H]2c3c(cccc3OC(=O)N(C)C)CC[C@H]21. The molecule has 2 atom stereocenters. The van der Waals surface area contributed by atoms with Crippen LogP contribution in [0.3, 0.4) is 0 Å². The van der Waals surface area contributed by atoms with E-state index in [2.05, 4.69) is 17.9 Å². The van der Waals surface area contributed by atoms with Crippen LogP contribution in [0.1, 0.15) is 43.2 Å². The largest absolute Gasteiger partial charge is 0.414 e. The van der Waals surface area contributed by atoms with Gasteiger partial charge in [0, 0.05) is 31.6 Å². The number of fused-ring (bicyclic) bond motifs is 3. The number of carbonyl (C=O) groups is 1. The van der Waals surface area contributed by atoms with Crippen LogP contribution in [0.4, 0.5) is 4.79 Å². The minimum Gasteiger partial charge on any atom is -0.410 e. The van der Waals surface area contributed by atoms with E-state index in [-0.39, 0.29) is 6.09 Å². The number of amides is 1. The van der Waals surface area contributed by atoms with E-state index in [1.807, 2.05) is 12.1 Å². The molecule has 4 heteroatoms. The number of benzene rings is 1. The quantitative estimate of drug-likeness (QED) is 0.859. The first kappa shape index (κ1) is 15.3. The van der Waals surface area contributed by atoms with Crippen LogP contribution in [-0.2, 0) is 6.42 Å². The average Bonchev–Trinajstić information content (AvgIpc) is 2.91. The zero-order valence-electron chi connectivity index (χ0n) is 13.8. The maximum atomic E-state index is 12.0. The highest BCUT2D eigenvalue weighted by atomic mass is 16.6. The summed E-state index contributed by atoms with van der Waals surface area (Å²) in [5.41, 5.74) is 2.65. The van der Waals surface area contributed by atoms with Crippen LogP contribution >= 0.6 is 0 Å². The number of nitrogens with zero attached hydrogens (tertiary/aromatic N) is 2. The van der Waals surface area contributed by atoms with Crippen LogP contribution in [0, 0.1) is 0 Å². The van der Waals surface area contributed by atoms with E-state index < -0.39 is 0 Å². The number of hydrogen-bond donors (Lipinski definition) is 0. The summed E-state index contributed by atoms with van der Waals surface area (Å²) >= 11 is 0. The van der Waals surface area contributed by atoms with Crippen molar-refractivity contribution in [3.8, 4) is 5.75 Å². The molecule has 1 aliphatic carbocycles. The molecule has 0 bridgehead atoms. The van der Waals surface area contributed by atoms with Gasteiger partial charge in [0.2, 0.25) is 0 Å². The average molecular weight is 302 g/mol. The first-order valence-corrected chi connectivity index (χ1v) is 8.36. The van der Waals surface area contributed by atoms with Gasteiger partial charge in [-0.15, -0.1) is 0 Å². The van der Waals surface area contributed by atoms with Crippen LogP contribution < -0.4 is 4.74 Å². The summed E-state index contributed by atoms with van der Waals surface area (Å²) in [6, 6.07) is 6.77.